The van der Waals surface area contributed by atoms with Crippen LogP contribution in [0.2, 0.25) is 5.02 Å². The van der Waals surface area contributed by atoms with E-state index < -0.39 is 18.5 Å². The van der Waals surface area contributed by atoms with E-state index in [1.807, 2.05) is 0 Å². The molecule has 0 fully saturated rings. The predicted molar refractivity (Wildman–Crippen MR) is 111 cm³/mol. The molecular formula is C22H20ClF2NO5. The average molecular weight is 452 g/mol. The lowest BCUT2D eigenvalue weighted by molar-refractivity contribution is -0.142. The fraction of sp³-hybridized carbons (Fsp3) is 0.273. The van der Waals surface area contributed by atoms with E-state index in [1.165, 1.54) is 35.9 Å². The maximum absolute atomic E-state index is 13.3. The highest BCUT2D eigenvalue weighted by atomic mass is 35.5. The number of hydrogen-bond donors (Lipinski definition) is 0. The Hall–Kier alpha value is -3.13. The number of methoxy groups -OCH3 is 1. The predicted octanol–water partition coefficient (Wildman–Crippen LogP) is 5.01. The molecule has 0 N–H and O–H groups in total. The van der Waals surface area contributed by atoms with E-state index in [9.17, 15) is 18.4 Å². The first-order valence-electron chi connectivity index (χ1n) is 9.39. The molecule has 0 amide bonds. The zero-order valence-corrected chi connectivity index (χ0v) is 17.8. The largest absolute Gasteiger partial charge is 0.495 e. The van der Waals surface area contributed by atoms with Gasteiger partial charge in [-0.15, -0.1) is 0 Å². The van der Waals surface area contributed by atoms with Crippen LogP contribution in [-0.2, 0) is 16.0 Å². The van der Waals surface area contributed by atoms with Crippen LogP contribution in [0, 0.1) is 6.92 Å². The SMILES string of the molecule is CCOC(=O)Cc1c(C)n(C(=O)c2ccc(OC(F)F)cc2)c2cc(Cl)c(OC)cc12. The number of hydrogen-bond acceptors (Lipinski definition) is 5. The van der Waals surface area contributed by atoms with Crippen molar-refractivity contribution in [2.24, 2.45) is 0 Å². The molecule has 0 radical (unpaired) electrons. The Balaban J connectivity index is 2.12. The zero-order chi connectivity index (χ0) is 22.7. The number of halogens is 3. The van der Waals surface area contributed by atoms with Gasteiger partial charge >= 0.3 is 12.6 Å². The number of aromatic nitrogens is 1. The number of carbonyl (C=O) groups excluding carboxylic acids is 2. The summed E-state index contributed by atoms with van der Waals surface area (Å²) >= 11 is 6.28. The van der Waals surface area contributed by atoms with E-state index in [2.05, 4.69) is 4.74 Å². The molecule has 0 saturated heterocycles. The van der Waals surface area contributed by atoms with E-state index in [0.717, 1.165) is 0 Å². The number of esters is 1. The first kappa shape index (κ1) is 22.6. The van der Waals surface area contributed by atoms with Crippen molar-refractivity contribution in [3.05, 3.63) is 58.2 Å². The summed E-state index contributed by atoms with van der Waals surface area (Å²) < 4.78 is 40.9. The molecule has 0 aliphatic carbocycles. The Morgan fingerprint density at radius 1 is 1.16 bits per heavy atom. The second-order valence-electron chi connectivity index (χ2n) is 6.59. The number of fused-ring (bicyclic) bond motifs is 1. The van der Waals surface area contributed by atoms with Gasteiger partial charge in [0.2, 0.25) is 0 Å². The number of ether oxygens (including phenoxy) is 3. The zero-order valence-electron chi connectivity index (χ0n) is 17.1. The van der Waals surface area contributed by atoms with Crippen molar-refractivity contribution < 1.29 is 32.6 Å². The van der Waals surface area contributed by atoms with Crippen molar-refractivity contribution in [1.29, 1.82) is 0 Å². The van der Waals surface area contributed by atoms with Crippen molar-refractivity contribution >= 4 is 34.4 Å². The first-order valence-corrected chi connectivity index (χ1v) is 9.77. The molecule has 6 nitrogen and oxygen atoms in total. The van der Waals surface area contributed by atoms with Crippen LogP contribution in [0.15, 0.2) is 36.4 Å². The van der Waals surface area contributed by atoms with E-state index in [-0.39, 0.29) is 24.3 Å². The minimum atomic E-state index is -2.96. The highest BCUT2D eigenvalue weighted by Crippen LogP contribution is 2.35. The van der Waals surface area contributed by atoms with Crippen LogP contribution in [0.1, 0.15) is 28.5 Å². The number of rotatable bonds is 7. The maximum atomic E-state index is 13.3. The summed E-state index contributed by atoms with van der Waals surface area (Å²) in [5, 5.41) is 0.919. The molecular weight excluding hydrogens is 432 g/mol. The van der Waals surface area contributed by atoms with E-state index in [1.54, 1.807) is 26.0 Å². The van der Waals surface area contributed by atoms with Gasteiger partial charge in [-0.05, 0) is 55.8 Å². The Labute approximate surface area is 182 Å². The van der Waals surface area contributed by atoms with Crippen molar-refractivity contribution in [3.63, 3.8) is 0 Å². The Kier molecular flexibility index (Phi) is 6.80. The molecule has 9 heteroatoms. The van der Waals surface area contributed by atoms with Crippen LogP contribution in [0.4, 0.5) is 8.78 Å². The second kappa shape index (κ2) is 9.34. The smallest absolute Gasteiger partial charge is 0.387 e. The molecule has 2 aromatic carbocycles. The molecule has 1 heterocycles. The summed E-state index contributed by atoms with van der Waals surface area (Å²) in [4.78, 5) is 25.4. The van der Waals surface area contributed by atoms with Gasteiger partial charge < -0.3 is 14.2 Å². The number of nitrogens with zero attached hydrogens (tertiary/aromatic N) is 1. The van der Waals surface area contributed by atoms with Crippen LogP contribution < -0.4 is 9.47 Å². The van der Waals surface area contributed by atoms with Gasteiger partial charge in [-0.2, -0.15) is 8.78 Å². The highest BCUT2D eigenvalue weighted by Gasteiger charge is 2.23. The summed E-state index contributed by atoms with van der Waals surface area (Å²) in [6, 6.07) is 8.61. The van der Waals surface area contributed by atoms with Crippen molar-refractivity contribution in [1.82, 2.24) is 4.57 Å². The normalized spacial score (nSPS) is 11.1. The molecule has 0 bridgehead atoms. The molecule has 0 atom stereocenters. The highest BCUT2D eigenvalue weighted by molar-refractivity contribution is 6.33. The van der Waals surface area contributed by atoms with Crippen LogP contribution in [0.25, 0.3) is 10.9 Å². The molecule has 31 heavy (non-hydrogen) atoms. The lowest BCUT2D eigenvalue weighted by Gasteiger charge is -2.10. The molecule has 3 aromatic rings. The standard InChI is InChI=1S/C22H20ClF2NO5/c1-4-30-20(27)10-15-12(2)26(18-11-17(23)19(29-3)9-16(15)18)21(28)13-5-7-14(8-6-13)31-22(24)25/h5-9,11,22H,4,10H2,1-3H3. The summed E-state index contributed by atoms with van der Waals surface area (Å²) in [6.45, 7) is 0.695. The summed E-state index contributed by atoms with van der Waals surface area (Å²) in [5.74, 6) is -0.504. The van der Waals surface area contributed by atoms with Crippen molar-refractivity contribution in [3.8, 4) is 11.5 Å². The minimum Gasteiger partial charge on any atom is -0.495 e. The van der Waals surface area contributed by atoms with Crippen LogP contribution in [-0.4, -0.2) is 36.8 Å². The molecule has 0 aliphatic rings. The first-order chi connectivity index (χ1) is 14.8. The average Bonchev–Trinajstić information content (AvgIpc) is 2.97. The second-order valence-corrected chi connectivity index (χ2v) is 7.00. The van der Waals surface area contributed by atoms with E-state index in [0.29, 0.717) is 32.9 Å². The van der Waals surface area contributed by atoms with Gasteiger partial charge in [-0.3, -0.25) is 14.2 Å². The van der Waals surface area contributed by atoms with Gasteiger partial charge in [0.1, 0.15) is 11.5 Å². The third kappa shape index (κ3) is 4.64. The third-order valence-electron chi connectivity index (χ3n) is 4.76. The molecule has 1 aromatic heterocycles. The molecule has 0 unspecified atom stereocenters. The van der Waals surface area contributed by atoms with Crippen molar-refractivity contribution in [2.45, 2.75) is 26.9 Å². The summed E-state index contributed by atoms with van der Waals surface area (Å²) in [7, 11) is 1.47. The third-order valence-corrected chi connectivity index (χ3v) is 5.06. The fourth-order valence-corrected chi connectivity index (χ4v) is 3.62. The molecule has 164 valence electrons. The van der Waals surface area contributed by atoms with E-state index in [4.69, 9.17) is 21.1 Å². The van der Waals surface area contributed by atoms with E-state index >= 15 is 0 Å². The number of benzene rings is 2. The van der Waals surface area contributed by atoms with Crippen LogP contribution in [0.3, 0.4) is 0 Å². The lowest BCUT2D eigenvalue weighted by atomic mass is 10.1. The molecule has 0 spiro atoms. The molecule has 0 saturated carbocycles. The van der Waals surface area contributed by atoms with Crippen LogP contribution >= 0.6 is 11.6 Å². The van der Waals surface area contributed by atoms with Gasteiger partial charge in [0, 0.05) is 16.6 Å². The molecule has 3 rings (SSSR count). The van der Waals surface area contributed by atoms with Gasteiger partial charge in [0.05, 0.1) is 30.7 Å². The minimum absolute atomic E-state index is 0.0393. The van der Waals surface area contributed by atoms with Crippen LogP contribution in [0.5, 0.6) is 11.5 Å². The van der Waals surface area contributed by atoms with Gasteiger partial charge in [0.15, 0.2) is 0 Å². The maximum Gasteiger partial charge on any atom is 0.387 e. The monoisotopic (exact) mass is 451 g/mol. The quantitative estimate of drug-likeness (QED) is 0.472. The van der Waals surface area contributed by atoms with Gasteiger partial charge in [-0.1, -0.05) is 11.6 Å². The van der Waals surface area contributed by atoms with Gasteiger partial charge in [-0.25, -0.2) is 0 Å². The molecule has 0 aliphatic heterocycles. The summed E-state index contributed by atoms with van der Waals surface area (Å²) in [6.07, 6.45) is -0.0393. The van der Waals surface area contributed by atoms with Crippen molar-refractivity contribution in [2.75, 3.05) is 13.7 Å². The van der Waals surface area contributed by atoms with Gasteiger partial charge in [0.25, 0.3) is 5.91 Å². The summed E-state index contributed by atoms with van der Waals surface area (Å²) in [5.41, 5.74) is 1.87. The Morgan fingerprint density at radius 2 is 1.84 bits per heavy atom. The Bertz CT molecular complexity index is 1130. The number of carbonyl (C=O) groups is 2. The fourth-order valence-electron chi connectivity index (χ4n) is 3.39. The lowest BCUT2D eigenvalue weighted by Crippen LogP contribution is -2.15. The Morgan fingerprint density at radius 3 is 2.42 bits per heavy atom. The number of alkyl halides is 2. The topological polar surface area (TPSA) is 66.8 Å².